The first-order valence-electron chi connectivity index (χ1n) is 6.74. The average Bonchev–Trinajstić information content (AvgIpc) is 2.36. The second-order valence-electron chi connectivity index (χ2n) is 5.26. The molecule has 0 aliphatic rings. The molecule has 1 N–H and O–H groups in total. The maximum atomic E-state index is 13.7. The molecule has 106 valence electrons. The molecule has 1 nitrogen and oxygen atoms in total. The minimum atomic E-state index is -0.134. The molecule has 1 atom stereocenters. The van der Waals surface area contributed by atoms with Crippen molar-refractivity contribution in [2.75, 3.05) is 5.32 Å². The molecule has 0 spiro atoms. The van der Waals surface area contributed by atoms with Gasteiger partial charge in [0, 0.05) is 16.2 Å². The van der Waals surface area contributed by atoms with Crippen LogP contribution < -0.4 is 5.32 Å². The van der Waals surface area contributed by atoms with Gasteiger partial charge in [0.25, 0.3) is 0 Å². The summed E-state index contributed by atoms with van der Waals surface area (Å²) in [5.74, 6) is -0.134. The van der Waals surface area contributed by atoms with Crippen LogP contribution in [0.5, 0.6) is 0 Å². The fourth-order valence-corrected chi connectivity index (χ4v) is 3.12. The molecule has 20 heavy (non-hydrogen) atoms. The fraction of sp³-hybridized carbons (Fsp3) is 0.294. The number of benzene rings is 2. The van der Waals surface area contributed by atoms with Crippen LogP contribution in [-0.4, -0.2) is 6.04 Å². The first-order valence-corrected chi connectivity index (χ1v) is 7.53. The Hall–Kier alpha value is -1.35. The predicted octanol–water partition coefficient (Wildman–Crippen LogP) is 5.25. The van der Waals surface area contributed by atoms with Crippen LogP contribution in [-0.2, 0) is 6.42 Å². The summed E-state index contributed by atoms with van der Waals surface area (Å²) in [6.07, 6.45) is 0.668. The van der Waals surface area contributed by atoms with E-state index < -0.39 is 0 Å². The van der Waals surface area contributed by atoms with Crippen molar-refractivity contribution in [1.82, 2.24) is 0 Å². The zero-order valence-corrected chi connectivity index (χ0v) is 13.6. The normalized spacial score (nSPS) is 12.2. The van der Waals surface area contributed by atoms with Gasteiger partial charge < -0.3 is 5.32 Å². The third-order valence-corrected chi connectivity index (χ3v) is 3.83. The Labute approximate surface area is 128 Å². The summed E-state index contributed by atoms with van der Waals surface area (Å²) in [4.78, 5) is 0. The molecule has 0 amide bonds. The highest BCUT2D eigenvalue weighted by Crippen LogP contribution is 2.26. The largest absolute Gasteiger partial charge is 0.382 e. The van der Waals surface area contributed by atoms with Crippen molar-refractivity contribution in [1.29, 1.82) is 0 Å². The van der Waals surface area contributed by atoms with Crippen LogP contribution in [0.25, 0.3) is 0 Å². The van der Waals surface area contributed by atoms with Gasteiger partial charge in [0.2, 0.25) is 0 Å². The second kappa shape index (κ2) is 6.40. The quantitative estimate of drug-likeness (QED) is 0.804. The number of hydrogen-bond donors (Lipinski definition) is 1. The zero-order valence-electron chi connectivity index (χ0n) is 12.0. The summed E-state index contributed by atoms with van der Waals surface area (Å²) in [5, 5.41) is 3.49. The van der Waals surface area contributed by atoms with Crippen LogP contribution >= 0.6 is 15.9 Å². The molecule has 0 bridgehead atoms. The van der Waals surface area contributed by atoms with Crippen LogP contribution in [0, 0.1) is 19.7 Å². The van der Waals surface area contributed by atoms with Crippen LogP contribution in [0.1, 0.15) is 23.6 Å². The van der Waals surface area contributed by atoms with Gasteiger partial charge >= 0.3 is 0 Å². The smallest absolute Gasteiger partial charge is 0.126 e. The van der Waals surface area contributed by atoms with E-state index in [1.165, 1.54) is 17.2 Å². The SMILES string of the molecule is Cc1cc(Br)cc(C)c1NC(C)Cc1ccccc1F. The van der Waals surface area contributed by atoms with E-state index in [9.17, 15) is 4.39 Å². The molecule has 2 rings (SSSR count). The van der Waals surface area contributed by atoms with Gasteiger partial charge in [-0.15, -0.1) is 0 Å². The number of nitrogens with one attached hydrogen (secondary N) is 1. The van der Waals surface area contributed by atoms with E-state index in [-0.39, 0.29) is 11.9 Å². The highest BCUT2D eigenvalue weighted by molar-refractivity contribution is 9.10. The van der Waals surface area contributed by atoms with Crippen LogP contribution in [0.3, 0.4) is 0 Å². The minimum Gasteiger partial charge on any atom is -0.382 e. The third-order valence-electron chi connectivity index (χ3n) is 3.37. The van der Waals surface area contributed by atoms with Gasteiger partial charge in [-0.25, -0.2) is 4.39 Å². The fourth-order valence-electron chi connectivity index (χ4n) is 2.43. The molecule has 0 saturated heterocycles. The monoisotopic (exact) mass is 335 g/mol. The maximum absolute atomic E-state index is 13.7. The van der Waals surface area contributed by atoms with Crippen molar-refractivity contribution >= 4 is 21.6 Å². The molecule has 0 radical (unpaired) electrons. The molecule has 0 aliphatic heterocycles. The Balaban J connectivity index is 2.13. The molecule has 0 aromatic heterocycles. The lowest BCUT2D eigenvalue weighted by molar-refractivity contribution is 0.601. The molecule has 0 heterocycles. The standard InChI is InChI=1S/C17H19BrFN/c1-11-8-15(18)9-12(2)17(11)20-13(3)10-14-6-4-5-7-16(14)19/h4-9,13,20H,10H2,1-3H3. The summed E-state index contributed by atoms with van der Waals surface area (Å²) >= 11 is 3.50. The number of rotatable bonds is 4. The van der Waals surface area contributed by atoms with Gasteiger partial charge in [0.05, 0.1) is 0 Å². The van der Waals surface area contributed by atoms with Crippen molar-refractivity contribution in [2.45, 2.75) is 33.2 Å². The zero-order chi connectivity index (χ0) is 14.7. The van der Waals surface area contributed by atoms with E-state index in [1.54, 1.807) is 6.07 Å². The number of halogens is 2. The van der Waals surface area contributed by atoms with Gasteiger partial charge in [-0.1, -0.05) is 34.1 Å². The Morgan fingerprint density at radius 3 is 2.35 bits per heavy atom. The van der Waals surface area contributed by atoms with Crippen molar-refractivity contribution in [3.8, 4) is 0 Å². The van der Waals surface area contributed by atoms with E-state index in [2.05, 4.69) is 54.2 Å². The molecule has 0 aliphatic carbocycles. The molecular formula is C17H19BrFN. The van der Waals surface area contributed by atoms with E-state index >= 15 is 0 Å². The maximum Gasteiger partial charge on any atom is 0.126 e. The molecule has 0 saturated carbocycles. The Morgan fingerprint density at radius 1 is 1.15 bits per heavy atom. The Morgan fingerprint density at radius 2 is 1.75 bits per heavy atom. The number of anilines is 1. The van der Waals surface area contributed by atoms with Crippen LogP contribution in [0.2, 0.25) is 0 Å². The Kier molecular flexibility index (Phi) is 4.81. The van der Waals surface area contributed by atoms with E-state index in [4.69, 9.17) is 0 Å². The van der Waals surface area contributed by atoms with E-state index in [1.807, 2.05) is 12.1 Å². The lowest BCUT2D eigenvalue weighted by atomic mass is 10.0. The van der Waals surface area contributed by atoms with Crippen molar-refractivity contribution in [3.63, 3.8) is 0 Å². The minimum absolute atomic E-state index is 0.134. The molecule has 1 unspecified atom stereocenters. The molecular weight excluding hydrogens is 317 g/mol. The lowest BCUT2D eigenvalue weighted by Gasteiger charge is -2.19. The van der Waals surface area contributed by atoms with E-state index in [0.717, 1.165) is 15.7 Å². The third kappa shape index (κ3) is 3.60. The summed E-state index contributed by atoms with van der Waals surface area (Å²) < 4.78 is 14.7. The molecule has 0 fully saturated rings. The summed E-state index contributed by atoms with van der Waals surface area (Å²) in [6.45, 7) is 6.24. The Bertz CT molecular complexity index is 587. The predicted molar refractivity (Wildman–Crippen MR) is 86.8 cm³/mol. The van der Waals surface area contributed by atoms with Crippen LogP contribution in [0.15, 0.2) is 40.9 Å². The second-order valence-corrected chi connectivity index (χ2v) is 6.17. The number of hydrogen-bond acceptors (Lipinski definition) is 1. The molecule has 2 aromatic carbocycles. The summed E-state index contributed by atoms with van der Waals surface area (Å²) in [7, 11) is 0. The van der Waals surface area contributed by atoms with Gasteiger partial charge in [-0.3, -0.25) is 0 Å². The topological polar surface area (TPSA) is 12.0 Å². The van der Waals surface area contributed by atoms with Gasteiger partial charge in [0.15, 0.2) is 0 Å². The molecule has 2 aromatic rings. The number of aryl methyl sites for hydroxylation is 2. The van der Waals surface area contributed by atoms with Gasteiger partial charge in [0.1, 0.15) is 5.82 Å². The average molecular weight is 336 g/mol. The highest BCUT2D eigenvalue weighted by atomic mass is 79.9. The van der Waals surface area contributed by atoms with Gasteiger partial charge in [-0.05, 0) is 62.1 Å². The van der Waals surface area contributed by atoms with Gasteiger partial charge in [-0.2, -0.15) is 0 Å². The first-order chi connectivity index (χ1) is 9.47. The molecule has 3 heteroatoms. The van der Waals surface area contributed by atoms with Crippen molar-refractivity contribution in [3.05, 3.63) is 63.4 Å². The highest BCUT2D eigenvalue weighted by Gasteiger charge is 2.10. The van der Waals surface area contributed by atoms with Crippen LogP contribution in [0.4, 0.5) is 10.1 Å². The summed E-state index contributed by atoms with van der Waals surface area (Å²) in [6, 6.07) is 11.3. The van der Waals surface area contributed by atoms with Crippen molar-refractivity contribution < 1.29 is 4.39 Å². The first kappa shape index (κ1) is 15.0. The van der Waals surface area contributed by atoms with E-state index in [0.29, 0.717) is 6.42 Å². The summed E-state index contributed by atoms with van der Waals surface area (Å²) in [5.41, 5.74) is 4.27. The lowest BCUT2D eigenvalue weighted by Crippen LogP contribution is -2.20. The van der Waals surface area contributed by atoms with Crippen molar-refractivity contribution in [2.24, 2.45) is 0 Å².